The van der Waals surface area contributed by atoms with Gasteiger partial charge in [0.05, 0.1) is 18.8 Å². The van der Waals surface area contributed by atoms with Crippen LogP contribution in [0.5, 0.6) is 0 Å². The second-order valence-electron chi connectivity index (χ2n) is 3.67. The Bertz CT molecular complexity index is 191. The summed E-state index contributed by atoms with van der Waals surface area (Å²) in [4.78, 5) is 0. The van der Waals surface area contributed by atoms with Crippen molar-refractivity contribution < 1.29 is 19.7 Å². The van der Waals surface area contributed by atoms with Gasteiger partial charge in [-0.15, -0.1) is 0 Å². The van der Waals surface area contributed by atoms with Gasteiger partial charge in [0.15, 0.2) is 6.29 Å². The van der Waals surface area contributed by atoms with Crippen molar-refractivity contribution in [2.75, 3.05) is 13.2 Å². The van der Waals surface area contributed by atoms with Crippen molar-refractivity contribution in [3.8, 4) is 0 Å². The molecule has 0 radical (unpaired) electrons. The third-order valence-corrected chi connectivity index (χ3v) is 2.55. The van der Waals surface area contributed by atoms with Crippen molar-refractivity contribution in [3.63, 3.8) is 0 Å². The highest BCUT2D eigenvalue weighted by Gasteiger charge is 2.42. The molecule has 5 atom stereocenters. The first-order valence-electron chi connectivity index (χ1n) is 5.20. The molecular weight excluding hydrogens is 200 g/mol. The molecule has 90 valence electrons. The number of ether oxygens (including phenoxy) is 2. The van der Waals surface area contributed by atoms with Crippen molar-refractivity contribution in [3.05, 3.63) is 0 Å². The molecule has 0 saturated carbocycles. The van der Waals surface area contributed by atoms with Crippen molar-refractivity contribution in [2.24, 2.45) is 11.5 Å². The second kappa shape index (κ2) is 5.74. The van der Waals surface area contributed by atoms with Gasteiger partial charge in [-0.2, -0.15) is 0 Å². The molecule has 1 aliphatic heterocycles. The van der Waals surface area contributed by atoms with E-state index in [4.69, 9.17) is 20.9 Å². The Morgan fingerprint density at radius 1 is 1.33 bits per heavy atom. The van der Waals surface area contributed by atoms with Crippen LogP contribution in [0.15, 0.2) is 0 Å². The van der Waals surface area contributed by atoms with E-state index in [9.17, 15) is 10.2 Å². The molecule has 6 nitrogen and oxygen atoms in total. The SMILES string of the molecule is CCC1O[C@@H](OCCN)C(N)[C@@H](O)[C@@H]1O. The van der Waals surface area contributed by atoms with Crippen molar-refractivity contribution in [1.29, 1.82) is 0 Å². The van der Waals surface area contributed by atoms with E-state index in [1.165, 1.54) is 0 Å². The fourth-order valence-electron chi connectivity index (χ4n) is 1.62. The number of nitrogens with two attached hydrogens (primary N) is 2. The molecule has 0 aromatic rings. The first-order valence-corrected chi connectivity index (χ1v) is 5.20. The molecule has 0 amide bonds. The number of hydrogen-bond donors (Lipinski definition) is 4. The van der Waals surface area contributed by atoms with Crippen LogP contribution in [0.25, 0.3) is 0 Å². The van der Waals surface area contributed by atoms with Gasteiger partial charge < -0.3 is 31.2 Å². The lowest BCUT2D eigenvalue weighted by Gasteiger charge is -2.40. The van der Waals surface area contributed by atoms with E-state index >= 15 is 0 Å². The lowest BCUT2D eigenvalue weighted by Crippen LogP contribution is -2.61. The summed E-state index contributed by atoms with van der Waals surface area (Å²) in [5.74, 6) is 0. The Hall–Kier alpha value is -0.240. The molecule has 1 aliphatic rings. The molecule has 6 heteroatoms. The average molecular weight is 220 g/mol. The predicted octanol–water partition coefficient (Wildman–Crippen LogP) is -1.85. The van der Waals surface area contributed by atoms with Crippen LogP contribution in [0.4, 0.5) is 0 Å². The fourth-order valence-corrected chi connectivity index (χ4v) is 1.62. The largest absolute Gasteiger partial charge is 0.388 e. The zero-order valence-corrected chi connectivity index (χ0v) is 8.87. The third-order valence-electron chi connectivity index (χ3n) is 2.55. The Morgan fingerprint density at radius 2 is 2.00 bits per heavy atom. The van der Waals surface area contributed by atoms with E-state index in [1.54, 1.807) is 0 Å². The summed E-state index contributed by atoms with van der Waals surface area (Å²) in [5.41, 5.74) is 11.0. The maximum absolute atomic E-state index is 9.65. The Kier molecular flexibility index (Phi) is 4.91. The molecule has 0 aromatic heterocycles. The first-order chi connectivity index (χ1) is 7.11. The number of rotatable bonds is 4. The van der Waals surface area contributed by atoms with Gasteiger partial charge in [-0.25, -0.2) is 0 Å². The highest BCUT2D eigenvalue weighted by Crippen LogP contribution is 2.22. The third kappa shape index (κ3) is 2.87. The minimum atomic E-state index is -1.02. The molecule has 0 aliphatic carbocycles. The van der Waals surface area contributed by atoms with Crippen LogP contribution < -0.4 is 11.5 Å². The smallest absolute Gasteiger partial charge is 0.175 e. The zero-order chi connectivity index (χ0) is 11.4. The van der Waals surface area contributed by atoms with E-state index in [0.717, 1.165) is 0 Å². The molecule has 6 N–H and O–H groups in total. The molecule has 0 bridgehead atoms. The lowest BCUT2D eigenvalue weighted by atomic mass is 9.96. The summed E-state index contributed by atoms with van der Waals surface area (Å²) >= 11 is 0. The summed E-state index contributed by atoms with van der Waals surface area (Å²) in [5, 5.41) is 19.3. The minimum absolute atomic E-state index is 0.317. The Balaban J connectivity index is 2.57. The van der Waals surface area contributed by atoms with Crippen LogP contribution >= 0.6 is 0 Å². The first kappa shape index (κ1) is 12.8. The van der Waals surface area contributed by atoms with Gasteiger partial charge in [-0.05, 0) is 6.42 Å². The van der Waals surface area contributed by atoms with Crippen molar-refractivity contribution in [2.45, 2.75) is 44.0 Å². The number of hydrogen-bond acceptors (Lipinski definition) is 6. The molecule has 1 fully saturated rings. The van der Waals surface area contributed by atoms with Crippen LogP contribution in [0.3, 0.4) is 0 Å². The monoisotopic (exact) mass is 220 g/mol. The topological polar surface area (TPSA) is 111 Å². The molecular formula is C9H20N2O4. The van der Waals surface area contributed by atoms with Gasteiger partial charge in [0, 0.05) is 6.54 Å². The lowest BCUT2D eigenvalue weighted by molar-refractivity contribution is -0.259. The van der Waals surface area contributed by atoms with E-state index < -0.39 is 30.6 Å². The van der Waals surface area contributed by atoms with Crippen molar-refractivity contribution in [1.82, 2.24) is 0 Å². The van der Waals surface area contributed by atoms with Gasteiger partial charge in [0.2, 0.25) is 0 Å². The standard InChI is InChI=1S/C9H20N2O4/c1-2-5-7(12)8(13)6(11)9(15-5)14-4-3-10/h5-9,12-13H,2-4,10-11H2,1H3/t5?,6?,7-,8-,9-/m1/s1. The predicted molar refractivity (Wildman–Crippen MR) is 53.9 cm³/mol. The average Bonchev–Trinajstić information content (AvgIpc) is 2.25. The quantitative estimate of drug-likeness (QED) is 0.442. The van der Waals surface area contributed by atoms with Gasteiger partial charge in [0.25, 0.3) is 0 Å². The summed E-state index contributed by atoms with van der Waals surface area (Å²) in [6, 6.07) is -0.741. The molecule has 0 aromatic carbocycles. The maximum atomic E-state index is 9.65. The second-order valence-corrected chi connectivity index (χ2v) is 3.67. The van der Waals surface area contributed by atoms with E-state index in [0.29, 0.717) is 19.6 Å². The number of aliphatic hydroxyl groups is 2. The van der Waals surface area contributed by atoms with E-state index in [-0.39, 0.29) is 0 Å². The van der Waals surface area contributed by atoms with Crippen LogP contribution in [0.2, 0.25) is 0 Å². The zero-order valence-electron chi connectivity index (χ0n) is 8.87. The normalized spacial score (nSPS) is 41.8. The van der Waals surface area contributed by atoms with Crippen LogP contribution in [0, 0.1) is 0 Å². The van der Waals surface area contributed by atoms with E-state index in [2.05, 4.69) is 0 Å². The molecule has 1 saturated heterocycles. The van der Waals surface area contributed by atoms with Crippen molar-refractivity contribution >= 4 is 0 Å². The van der Waals surface area contributed by atoms with Crippen LogP contribution in [-0.4, -0.2) is 54.0 Å². The highest BCUT2D eigenvalue weighted by atomic mass is 16.7. The number of aliphatic hydroxyl groups excluding tert-OH is 2. The fraction of sp³-hybridized carbons (Fsp3) is 1.00. The van der Waals surface area contributed by atoms with Gasteiger partial charge >= 0.3 is 0 Å². The summed E-state index contributed by atoms with van der Waals surface area (Å²) in [6.45, 7) is 2.54. The molecule has 1 heterocycles. The minimum Gasteiger partial charge on any atom is -0.388 e. The van der Waals surface area contributed by atoms with Gasteiger partial charge in [-0.1, -0.05) is 6.92 Å². The van der Waals surface area contributed by atoms with Gasteiger partial charge in [-0.3, -0.25) is 0 Å². The Morgan fingerprint density at radius 3 is 2.53 bits per heavy atom. The van der Waals surface area contributed by atoms with E-state index in [1.807, 2.05) is 6.92 Å². The van der Waals surface area contributed by atoms with Crippen LogP contribution in [0.1, 0.15) is 13.3 Å². The summed E-state index contributed by atoms with van der Waals surface area (Å²) in [6.07, 6.45) is -2.53. The Labute approximate surface area is 89.1 Å². The molecule has 0 spiro atoms. The van der Waals surface area contributed by atoms with Crippen LogP contribution in [-0.2, 0) is 9.47 Å². The molecule has 2 unspecified atom stereocenters. The summed E-state index contributed by atoms with van der Waals surface area (Å²) in [7, 11) is 0. The molecule has 15 heavy (non-hydrogen) atoms. The highest BCUT2D eigenvalue weighted by molar-refractivity contribution is 4.91. The molecule has 1 rings (SSSR count). The summed E-state index contributed by atoms with van der Waals surface area (Å²) < 4.78 is 10.7. The maximum Gasteiger partial charge on any atom is 0.175 e. The van der Waals surface area contributed by atoms with Gasteiger partial charge in [0.1, 0.15) is 12.2 Å².